The normalized spacial score (nSPS) is 22.7. The molecule has 2 N–H and O–H groups in total. The molecular weight excluding hydrogens is 242 g/mol. The standard InChI is InChI=1S/C15H21NO3/c1-10(7-8-17)16-15(18)13-9-12(13)11-5-3-4-6-14(11)19-2/h3-6,10,12-13,17H,7-9H2,1-2H3,(H,16,18). The van der Waals surface area contributed by atoms with Gasteiger partial charge in [0.15, 0.2) is 0 Å². The van der Waals surface area contributed by atoms with Crippen LogP contribution in [-0.2, 0) is 4.79 Å². The molecular formula is C15H21NO3. The first-order chi connectivity index (χ1) is 9.17. The van der Waals surface area contributed by atoms with Crippen molar-refractivity contribution in [2.24, 2.45) is 5.92 Å². The molecule has 19 heavy (non-hydrogen) atoms. The Kier molecular flexibility index (Phi) is 4.43. The summed E-state index contributed by atoms with van der Waals surface area (Å²) in [6, 6.07) is 7.88. The van der Waals surface area contributed by atoms with E-state index in [2.05, 4.69) is 5.32 Å². The van der Waals surface area contributed by atoms with Crippen LogP contribution in [0.3, 0.4) is 0 Å². The smallest absolute Gasteiger partial charge is 0.223 e. The van der Waals surface area contributed by atoms with E-state index < -0.39 is 0 Å². The van der Waals surface area contributed by atoms with E-state index in [-0.39, 0.29) is 30.4 Å². The quantitative estimate of drug-likeness (QED) is 0.821. The Morgan fingerprint density at radius 3 is 2.95 bits per heavy atom. The number of benzene rings is 1. The third-order valence-electron chi connectivity index (χ3n) is 3.62. The van der Waals surface area contributed by atoms with E-state index in [0.29, 0.717) is 6.42 Å². The van der Waals surface area contributed by atoms with Crippen molar-refractivity contribution in [1.82, 2.24) is 5.32 Å². The van der Waals surface area contributed by atoms with Crippen molar-refractivity contribution >= 4 is 5.91 Å². The Balaban J connectivity index is 1.95. The lowest BCUT2D eigenvalue weighted by Gasteiger charge is -2.12. The number of ether oxygens (including phenoxy) is 1. The third-order valence-corrected chi connectivity index (χ3v) is 3.62. The van der Waals surface area contributed by atoms with Gasteiger partial charge in [0, 0.05) is 18.6 Å². The lowest BCUT2D eigenvalue weighted by molar-refractivity contribution is -0.123. The highest BCUT2D eigenvalue weighted by Gasteiger charge is 2.45. The van der Waals surface area contributed by atoms with E-state index >= 15 is 0 Å². The predicted octanol–water partition coefficient (Wildman–Crippen LogP) is 1.69. The molecule has 1 saturated carbocycles. The fourth-order valence-electron chi connectivity index (χ4n) is 2.42. The van der Waals surface area contributed by atoms with Gasteiger partial charge in [-0.3, -0.25) is 4.79 Å². The lowest BCUT2D eigenvalue weighted by Crippen LogP contribution is -2.34. The number of methoxy groups -OCH3 is 1. The highest BCUT2D eigenvalue weighted by Crippen LogP contribution is 2.50. The second-order valence-electron chi connectivity index (χ2n) is 5.11. The molecule has 0 aliphatic heterocycles. The SMILES string of the molecule is COc1ccccc1C1CC1C(=O)NC(C)CCO. The number of aliphatic hydroxyl groups excluding tert-OH is 1. The fraction of sp³-hybridized carbons (Fsp3) is 0.533. The largest absolute Gasteiger partial charge is 0.496 e. The zero-order valence-corrected chi connectivity index (χ0v) is 11.4. The van der Waals surface area contributed by atoms with Crippen LogP contribution in [0.1, 0.15) is 31.2 Å². The monoisotopic (exact) mass is 263 g/mol. The van der Waals surface area contributed by atoms with Crippen LogP contribution in [0.2, 0.25) is 0 Å². The molecule has 3 atom stereocenters. The molecule has 0 radical (unpaired) electrons. The summed E-state index contributed by atoms with van der Waals surface area (Å²) < 4.78 is 5.33. The van der Waals surface area contributed by atoms with Crippen LogP contribution in [-0.4, -0.2) is 30.8 Å². The van der Waals surface area contributed by atoms with Gasteiger partial charge in [0.25, 0.3) is 0 Å². The summed E-state index contributed by atoms with van der Waals surface area (Å²) in [6.45, 7) is 2.01. The minimum atomic E-state index is 0.0245. The molecule has 1 aromatic rings. The lowest BCUT2D eigenvalue weighted by atomic mass is 10.1. The highest BCUT2D eigenvalue weighted by atomic mass is 16.5. The molecule has 1 aliphatic rings. The highest BCUT2D eigenvalue weighted by molar-refractivity contribution is 5.83. The summed E-state index contributed by atoms with van der Waals surface area (Å²) in [5, 5.41) is 11.8. The third kappa shape index (κ3) is 3.26. The van der Waals surface area contributed by atoms with Crippen LogP contribution in [0, 0.1) is 5.92 Å². The maximum Gasteiger partial charge on any atom is 0.223 e. The molecule has 3 unspecified atom stereocenters. The maximum absolute atomic E-state index is 12.0. The van der Waals surface area contributed by atoms with Crippen molar-refractivity contribution < 1.29 is 14.6 Å². The number of carbonyl (C=O) groups is 1. The van der Waals surface area contributed by atoms with E-state index in [1.165, 1.54) is 0 Å². The second kappa shape index (κ2) is 6.06. The maximum atomic E-state index is 12.0. The number of hydrogen-bond acceptors (Lipinski definition) is 3. The molecule has 0 aromatic heterocycles. The molecule has 0 spiro atoms. The summed E-state index contributed by atoms with van der Waals surface area (Å²) in [5.74, 6) is 1.23. The minimum absolute atomic E-state index is 0.0245. The number of carbonyl (C=O) groups excluding carboxylic acids is 1. The number of nitrogens with one attached hydrogen (secondary N) is 1. The summed E-state index contributed by atoms with van der Waals surface area (Å²) in [5.41, 5.74) is 1.11. The van der Waals surface area contributed by atoms with Gasteiger partial charge in [-0.15, -0.1) is 0 Å². The topological polar surface area (TPSA) is 58.6 Å². The molecule has 0 bridgehead atoms. The summed E-state index contributed by atoms with van der Waals surface area (Å²) in [4.78, 5) is 12.0. The van der Waals surface area contributed by atoms with Gasteiger partial charge in [0.05, 0.1) is 7.11 Å². The molecule has 4 heteroatoms. The van der Waals surface area contributed by atoms with Gasteiger partial charge >= 0.3 is 0 Å². The van der Waals surface area contributed by atoms with Gasteiger partial charge in [0.1, 0.15) is 5.75 Å². The second-order valence-corrected chi connectivity index (χ2v) is 5.11. The van der Waals surface area contributed by atoms with Gasteiger partial charge in [-0.1, -0.05) is 18.2 Å². The zero-order valence-electron chi connectivity index (χ0n) is 11.4. The van der Waals surface area contributed by atoms with Crippen molar-refractivity contribution in [3.63, 3.8) is 0 Å². The Hall–Kier alpha value is -1.55. The number of amides is 1. The van der Waals surface area contributed by atoms with Crippen molar-refractivity contribution in [3.8, 4) is 5.75 Å². The average Bonchev–Trinajstić information content (AvgIpc) is 3.19. The van der Waals surface area contributed by atoms with Crippen LogP contribution in [0.4, 0.5) is 0 Å². The summed E-state index contributed by atoms with van der Waals surface area (Å²) in [6.07, 6.45) is 1.47. The molecule has 2 rings (SSSR count). The number of para-hydroxylation sites is 1. The van der Waals surface area contributed by atoms with Gasteiger partial charge < -0.3 is 15.2 Å². The van der Waals surface area contributed by atoms with Gasteiger partial charge in [-0.25, -0.2) is 0 Å². The fourth-order valence-corrected chi connectivity index (χ4v) is 2.42. The van der Waals surface area contributed by atoms with Crippen LogP contribution >= 0.6 is 0 Å². The first-order valence-corrected chi connectivity index (χ1v) is 6.71. The molecule has 1 aliphatic carbocycles. The molecule has 0 heterocycles. The number of hydrogen-bond donors (Lipinski definition) is 2. The molecule has 104 valence electrons. The van der Waals surface area contributed by atoms with E-state index in [4.69, 9.17) is 9.84 Å². The van der Waals surface area contributed by atoms with Crippen LogP contribution < -0.4 is 10.1 Å². The Morgan fingerprint density at radius 1 is 1.53 bits per heavy atom. The Labute approximate surface area is 113 Å². The van der Waals surface area contributed by atoms with E-state index in [0.717, 1.165) is 17.7 Å². The Bertz CT molecular complexity index is 447. The molecule has 4 nitrogen and oxygen atoms in total. The number of rotatable bonds is 6. The van der Waals surface area contributed by atoms with Crippen molar-refractivity contribution in [3.05, 3.63) is 29.8 Å². The van der Waals surface area contributed by atoms with Gasteiger partial charge in [-0.05, 0) is 37.3 Å². The molecule has 1 amide bonds. The van der Waals surface area contributed by atoms with Crippen molar-refractivity contribution in [1.29, 1.82) is 0 Å². The average molecular weight is 263 g/mol. The molecule has 1 fully saturated rings. The first-order valence-electron chi connectivity index (χ1n) is 6.71. The summed E-state index contributed by atoms with van der Waals surface area (Å²) >= 11 is 0. The van der Waals surface area contributed by atoms with Crippen LogP contribution in [0.25, 0.3) is 0 Å². The molecule has 0 saturated heterocycles. The van der Waals surface area contributed by atoms with E-state index in [9.17, 15) is 4.79 Å². The van der Waals surface area contributed by atoms with Gasteiger partial charge in [0.2, 0.25) is 5.91 Å². The zero-order chi connectivity index (χ0) is 13.8. The minimum Gasteiger partial charge on any atom is -0.496 e. The first kappa shape index (κ1) is 13.9. The predicted molar refractivity (Wildman–Crippen MR) is 73.1 cm³/mol. The molecule has 1 aromatic carbocycles. The van der Waals surface area contributed by atoms with Crippen LogP contribution in [0.5, 0.6) is 5.75 Å². The summed E-state index contributed by atoms with van der Waals surface area (Å²) in [7, 11) is 1.65. The van der Waals surface area contributed by atoms with Gasteiger partial charge in [-0.2, -0.15) is 0 Å². The van der Waals surface area contributed by atoms with Crippen molar-refractivity contribution in [2.45, 2.75) is 31.7 Å². The number of aliphatic hydroxyl groups is 1. The van der Waals surface area contributed by atoms with E-state index in [1.54, 1.807) is 7.11 Å². The Morgan fingerprint density at radius 2 is 2.26 bits per heavy atom. The van der Waals surface area contributed by atoms with Crippen LogP contribution in [0.15, 0.2) is 24.3 Å². The van der Waals surface area contributed by atoms with Crippen molar-refractivity contribution in [2.75, 3.05) is 13.7 Å². The van der Waals surface area contributed by atoms with E-state index in [1.807, 2.05) is 31.2 Å².